The van der Waals surface area contributed by atoms with Gasteiger partial charge in [-0.25, -0.2) is 0 Å². The zero-order valence-electron chi connectivity index (χ0n) is 24.5. The lowest BCUT2D eigenvalue weighted by Gasteiger charge is -2.45. The maximum absolute atomic E-state index is 11.9. The zero-order valence-corrected chi connectivity index (χ0v) is 24.5. The molecule has 2 fully saturated rings. The van der Waals surface area contributed by atoms with E-state index in [1.807, 2.05) is 0 Å². The van der Waals surface area contributed by atoms with Gasteiger partial charge in [0.25, 0.3) is 0 Å². The van der Waals surface area contributed by atoms with Crippen molar-refractivity contribution in [3.8, 4) is 34.5 Å². The topological polar surface area (TPSA) is 312 Å². The van der Waals surface area contributed by atoms with Crippen molar-refractivity contribution in [2.45, 2.75) is 67.8 Å². The molecule has 0 aliphatic carbocycles. The first-order valence-corrected chi connectivity index (χ1v) is 14.2. The number of hydrogen-bond donors (Lipinski definition) is 11. The summed E-state index contributed by atoms with van der Waals surface area (Å²) in [5.74, 6) is -6.45. The van der Waals surface area contributed by atoms with Gasteiger partial charge in [0.1, 0.15) is 72.7 Å². The fraction of sp³-hybridized carbons (Fsp3) is 0.448. The van der Waals surface area contributed by atoms with Crippen molar-refractivity contribution in [3.05, 3.63) is 41.2 Å². The van der Waals surface area contributed by atoms with Crippen molar-refractivity contribution < 1.29 is 94.2 Å². The number of ether oxygens (including phenoxy) is 6. The van der Waals surface area contributed by atoms with E-state index in [9.17, 15) is 60.7 Å². The smallest absolute Gasteiger partial charge is 0.317 e. The molecular formula is C29H32O19. The van der Waals surface area contributed by atoms with Crippen molar-refractivity contribution in [3.63, 3.8) is 0 Å². The molecule has 3 aliphatic heterocycles. The fourth-order valence-corrected chi connectivity index (χ4v) is 5.17. The summed E-state index contributed by atoms with van der Waals surface area (Å²) < 4.78 is 33.6. The number of esters is 1. The van der Waals surface area contributed by atoms with Crippen LogP contribution in [0.25, 0.3) is 6.08 Å². The molecule has 2 aromatic rings. The molecule has 0 radical (unpaired) electrons. The number of carbonyl (C=O) groups is 2. The van der Waals surface area contributed by atoms with Gasteiger partial charge in [0.05, 0.1) is 12.2 Å². The Morgan fingerprint density at radius 3 is 2.19 bits per heavy atom. The van der Waals surface area contributed by atoms with Crippen LogP contribution in [0.1, 0.15) is 23.7 Å². The van der Waals surface area contributed by atoms with Gasteiger partial charge in [0.2, 0.25) is 6.29 Å². The Morgan fingerprint density at radius 2 is 1.52 bits per heavy atom. The van der Waals surface area contributed by atoms with Crippen molar-refractivity contribution in [1.82, 2.24) is 0 Å². The zero-order chi connectivity index (χ0) is 35.0. The fourth-order valence-electron chi connectivity index (χ4n) is 5.17. The predicted molar refractivity (Wildman–Crippen MR) is 150 cm³/mol. The van der Waals surface area contributed by atoms with Crippen LogP contribution in [0, 0.1) is 0 Å². The summed E-state index contributed by atoms with van der Waals surface area (Å²) in [5.41, 5.74) is -0.124. The first-order chi connectivity index (χ1) is 22.6. The number of aromatic hydroxyl groups is 5. The molecule has 0 spiro atoms. The summed E-state index contributed by atoms with van der Waals surface area (Å²) in [7, 11) is 0. The molecule has 11 N–H and O–H groups in total. The molecule has 10 atom stereocenters. The maximum atomic E-state index is 11.9. The van der Waals surface area contributed by atoms with Crippen LogP contribution >= 0.6 is 0 Å². The Kier molecular flexibility index (Phi) is 10.0. The number of fused-ring (bicyclic) bond motifs is 1. The van der Waals surface area contributed by atoms with Gasteiger partial charge in [-0.05, 0) is 18.2 Å². The second kappa shape index (κ2) is 13.9. The molecule has 0 saturated carbocycles. The molecule has 0 aromatic heterocycles. The molecule has 262 valence electrons. The number of phenols is 5. The molecule has 48 heavy (non-hydrogen) atoms. The first kappa shape index (κ1) is 34.7. The molecule has 1 unspecified atom stereocenters. The number of phenolic OH excluding ortho intramolecular Hbond substituents is 5. The third kappa shape index (κ3) is 7.12. The van der Waals surface area contributed by atoms with Crippen LogP contribution in [0.2, 0.25) is 0 Å². The van der Waals surface area contributed by atoms with Gasteiger partial charge in [0.15, 0.2) is 35.7 Å². The number of carboxylic acid groups (broad SMARTS) is 1. The van der Waals surface area contributed by atoms with Crippen molar-refractivity contribution in [1.29, 1.82) is 0 Å². The summed E-state index contributed by atoms with van der Waals surface area (Å²) in [6, 6.07) is 4.08. The molecular weight excluding hydrogens is 652 g/mol. The Balaban J connectivity index is 1.52. The monoisotopic (exact) mass is 684 g/mol. The number of rotatable bonds is 9. The van der Waals surface area contributed by atoms with Gasteiger partial charge >= 0.3 is 11.9 Å². The Hall–Kier alpha value is -4.60. The van der Waals surface area contributed by atoms with E-state index in [1.165, 1.54) is 6.08 Å². The van der Waals surface area contributed by atoms with E-state index in [0.717, 1.165) is 24.3 Å². The standard InChI is InChI=1S/C29H32O19/c30-10-3-12(31)11-5-17(26(45-16(11)4-10)9-1-13(32)21(38)14(33)2-9)46-29-27(48-28-25(42)22(39)15(34)7-44-28)24(41)23(40)18(47-29)8-43-20(37)6-19(35)36/h1-5,15,18,22-34,38-42H,6-8H2,(H,35,36)/t15-,18-,22+,23-,24-,25-,26?,27+,28+,29-/m1/s1. The van der Waals surface area contributed by atoms with E-state index < -0.39 is 122 Å². The minimum atomic E-state index is -1.99. The number of aliphatic hydroxyl groups is 5. The lowest BCUT2D eigenvalue weighted by molar-refractivity contribution is -0.352. The van der Waals surface area contributed by atoms with Crippen LogP contribution in [-0.2, 0) is 33.3 Å². The largest absolute Gasteiger partial charge is 0.508 e. The van der Waals surface area contributed by atoms with E-state index >= 15 is 0 Å². The molecule has 5 rings (SSSR count). The van der Waals surface area contributed by atoms with E-state index in [1.54, 1.807) is 0 Å². The van der Waals surface area contributed by atoms with Gasteiger partial charge in [0, 0.05) is 17.7 Å². The summed E-state index contributed by atoms with van der Waals surface area (Å²) >= 11 is 0. The average molecular weight is 685 g/mol. The second-order valence-corrected chi connectivity index (χ2v) is 11.1. The SMILES string of the molecule is O=C(O)CC(=O)OC[C@H]1O[C@@H](OC2=Cc3c(O)cc(O)cc3OC2c2cc(O)c(O)c(O)c2)[C@@H](O[C@@H]2OC[C@@H](O)[C@H](O)[C@H]2O)[C@H](O)[C@@H]1O. The van der Waals surface area contributed by atoms with Gasteiger partial charge < -0.3 is 84.6 Å². The van der Waals surface area contributed by atoms with Crippen LogP contribution < -0.4 is 4.74 Å². The van der Waals surface area contributed by atoms with Crippen molar-refractivity contribution in [2.24, 2.45) is 0 Å². The summed E-state index contributed by atoms with van der Waals surface area (Å²) in [5, 5.41) is 112. The summed E-state index contributed by atoms with van der Waals surface area (Å²) in [6.07, 6.45) is -17.4. The number of aliphatic carboxylic acids is 1. The highest BCUT2D eigenvalue weighted by atomic mass is 16.8. The molecule has 2 aromatic carbocycles. The Bertz CT molecular complexity index is 1540. The number of aliphatic hydroxyl groups excluding tert-OH is 5. The quantitative estimate of drug-likeness (QED) is 0.0772. The highest BCUT2D eigenvalue weighted by molar-refractivity contribution is 5.90. The summed E-state index contributed by atoms with van der Waals surface area (Å²) in [6.45, 7) is -1.31. The van der Waals surface area contributed by atoms with Crippen LogP contribution in [0.5, 0.6) is 34.5 Å². The lowest BCUT2D eigenvalue weighted by atomic mass is 9.97. The van der Waals surface area contributed by atoms with Gasteiger partial charge in [-0.1, -0.05) is 0 Å². The minimum Gasteiger partial charge on any atom is -0.508 e. The number of hydrogen-bond acceptors (Lipinski definition) is 18. The molecule has 3 aliphatic rings. The summed E-state index contributed by atoms with van der Waals surface area (Å²) in [4.78, 5) is 22.8. The lowest BCUT2D eigenvalue weighted by Crippen LogP contribution is -2.63. The minimum absolute atomic E-state index is 0.0533. The van der Waals surface area contributed by atoms with Crippen molar-refractivity contribution in [2.75, 3.05) is 13.2 Å². The van der Waals surface area contributed by atoms with Gasteiger partial charge in [-0.3, -0.25) is 9.59 Å². The van der Waals surface area contributed by atoms with Crippen LogP contribution in [0.3, 0.4) is 0 Å². The van der Waals surface area contributed by atoms with Crippen LogP contribution in [0.4, 0.5) is 0 Å². The van der Waals surface area contributed by atoms with Crippen LogP contribution in [-0.4, -0.2) is 137 Å². The van der Waals surface area contributed by atoms with Gasteiger partial charge in [-0.2, -0.15) is 0 Å². The average Bonchev–Trinajstić information content (AvgIpc) is 3.02. The molecule has 2 saturated heterocycles. The van der Waals surface area contributed by atoms with E-state index in [2.05, 4.69) is 0 Å². The van der Waals surface area contributed by atoms with Crippen molar-refractivity contribution >= 4 is 18.0 Å². The number of carbonyl (C=O) groups excluding carboxylic acids is 1. The van der Waals surface area contributed by atoms with E-state index in [-0.39, 0.29) is 22.6 Å². The molecule has 3 heterocycles. The normalized spacial score (nSPS) is 31.6. The highest BCUT2D eigenvalue weighted by Gasteiger charge is 2.51. The molecule has 19 nitrogen and oxygen atoms in total. The third-order valence-corrected chi connectivity index (χ3v) is 7.64. The van der Waals surface area contributed by atoms with Gasteiger partial charge in [-0.15, -0.1) is 0 Å². The van der Waals surface area contributed by atoms with E-state index in [4.69, 9.17) is 33.5 Å². The Labute approximate surface area is 269 Å². The molecule has 0 amide bonds. The Morgan fingerprint density at radius 1 is 0.833 bits per heavy atom. The van der Waals surface area contributed by atoms with Crippen LogP contribution in [0.15, 0.2) is 30.0 Å². The second-order valence-electron chi connectivity index (χ2n) is 11.1. The first-order valence-electron chi connectivity index (χ1n) is 14.2. The highest BCUT2D eigenvalue weighted by Crippen LogP contribution is 2.47. The predicted octanol–water partition coefficient (Wildman–Crippen LogP) is -2.01. The number of benzene rings is 2. The maximum Gasteiger partial charge on any atom is 0.317 e. The molecule has 0 bridgehead atoms. The third-order valence-electron chi connectivity index (χ3n) is 7.64. The molecule has 19 heteroatoms. The van der Waals surface area contributed by atoms with E-state index in [0.29, 0.717) is 0 Å². The number of carboxylic acids is 1.